The van der Waals surface area contributed by atoms with Crippen LogP contribution < -0.4 is 10.1 Å². The number of nitrogens with one attached hydrogen (secondary N) is 1. The highest BCUT2D eigenvalue weighted by atomic mass is 16.5. The molecule has 1 N–H and O–H groups in total. The number of para-hydroxylation sites is 2. The number of benzene rings is 1. The monoisotopic (exact) mass is 299 g/mol. The zero-order chi connectivity index (χ0) is 15.5. The van der Waals surface area contributed by atoms with Crippen molar-refractivity contribution < 1.29 is 4.74 Å². The molecular formula is C18H25N3O. The van der Waals surface area contributed by atoms with Crippen LogP contribution in [0.15, 0.2) is 24.3 Å². The maximum Gasteiger partial charge on any atom is 0.144 e. The Hall–Kier alpha value is -1.97. The molecule has 0 spiro atoms. The average Bonchev–Trinajstić information content (AvgIpc) is 2.70. The van der Waals surface area contributed by atoms with Crippen LogP contribution in [-0.4, -0.2) is 23.4 Å². The van der Waals surface area contributed by atoms with E-state index in [0.29, 0.717) is 5.92 Å². The summed E-state index contributed by atoms with van der Waals surface area (Å²) >= 11 is 0. The molecule has 0 fully saturated rings. The van der Waals surface area contributed by atoms with Crippen LogP contribution in [0.1, 0.15) is 37.9 Å². The van der Waals surface area contributed by atoms with Gasteiger partial charge in [0.25, 0.3) is 0 Å². The van der Waals surface area contributed by atoms with E-state index in [4.69, 9.17) is 9.84 Å². The zero-order valence-corrected chi connectivity index (χ0v) is 13.7. The lowest BCUT2D eigenvalue weighted by Gasteiger charge is -2.12. The maximum atomic E-state index is 5.52. The Morgan fingerprint density at radius 2 is 2.09 bits per heavy atom. The van der Waals surface area contributed by atoms with Crippen LogP contribution in [0.25, 0.3) is 5.69 Å². The number of rotatable bonds is 4. The molecule has 3 rings (SSSR count). The quantitative estimate of drug-likeness (QED) is 0.932. The van der Waals surface area contributed by atoms with Gasteiger partial charge in [0.1, 0.15) is 17.3 Å². The summed E-state index contributed by atoms with van der Waals surface area (Å²) in [7, 11) is 1.71. The third kappa shape index (κ3) is 2.82. The fourth-order valence-corrected chi connectivity index (χ4v) is 3.10. The number of aromatic nitrogens is 2. The topological polar surface area (TPSA) is 39.1 Å². The number of fused-ring (bicyclic) bond motifs is 1. The Morgan fingerprint density at radius 1 is 1.27 bits per heavy atom. The summed E-state index contributed by atoms with van der Waals surface area (Å²) in [5.41, 5.74) is 3.62. The number of methoxy groups -OCH3 is 1. The molecule has 1 aliphatic rings. The molecule has 2 heterocycles. The number of nitrogens with zero attached hydrogens (tertiary/aromatic N) is 2. The van der Waals surface area contributed by atoms with Gasteiger partial charge in [0.2, 0.25) is 0 Å². The van der Waals surface area contributed by atoms with Crippen molar-refractivity contribution in [2.45, 2.75) is 39.5 Å². The smallest absolute Gasteiger partial charge is 0.144 e. The summed E-state index contributed by atoms with van der Waals surface area (Å²) in [5, 5.41) is 8.51. The molecule has 118 valence electrons. The van der Waals surface area contributed by atoms with Gasteiger partial charge >= 0.3 is 0 Å². The van der Waals surface area contributed by atoms with Crippen molar-refractivity contribution in [3.8, 4) is 11.4 Å². The first-order valence-corrected chi connectivity index (χ1v) is 8.18. The van der Waals surface area contributed by atoms with Gasteiger partial charge in [-0.1, -0.05) is 26.0 Å². The minimum atomic E-state index is 0.605. The van der Waals surface area contributed by atoms with E-state index in [1.54, 1.807) is 7.11 Å². The average molecular weight is 299 g/mol. The Morgan fingerprint density at radius 3 is 2.86 bits per heavy atom. The lowest BCUT2D eigenvalue weighted by atomic mass is 10.0. The van der Waals surface area contributed by atoms with E-state index in [1.807, 2.05) is 22.9 Å². The van der Waals surface area contributed by atoms with Crippen molar-refractivity contribution in [1.29, 1.82) is 0 Å². The second kappa shape index (κ2) is 6.42. The molecule has 0 aliphatic carbocycles. The van der Waals surface area contributed by atoms with Gasteiger partial charge in [-0.2, -0.15) is 5.10 Å². The van der Waals surface area contributed by atoms with Crippen LogP contribution in [0.3, 0.4) is 0 Å². The second-order valence-corrected chi connectivity index (χ2v) is 6.34. The van der Waals surface area contributed by atoms with Gasteiger partial charge in [0.15, 0.2) is 0 Å². The van der Waals surface area contributed by atoms with Crippen molar-refractivity contribution in [2.75, 3.05) is 19.0 Å². The van der Waals surface area contributed by atoms with Crippen LogP contribution in [0.4, 0.5) is 5.82 Å². The molecule has 0 atom stereocenters. The van der Waals surface area contributed by atoms with Crippen LogP contribution >= 0.6 is 0 Å². The summed E-state index contributed by atoms with van der Waals surface area (Å²) in [6, 6.07) is 8.08. The van der Waals surface area contributed by atoms with Crippen LogP contribution in [0.2, 0.25) is 0 Å². The highest BCUT2D eigenvalue weighted by Crippen LogP contribution is 2.32. The van der Waals surface area contributed by atoms with Gasteiger partial charge in [0, 0.05) is 12.1 Å². The molecule has 0 radical (unpaired) electrons. The zero-order valence-electron chi connectivity index (χ0n) is 13.7. The number of anilines is 1. The Labute approximate surface area is 132 Å². The summed E-state index contributed by atoms with van der Waals surface area (Å²) in [6.45, 7) is 5.51. The molecular weight excluding hydrogens is 274 g/mol. The number of hydrogen-bond acceptors (Lipinski definition) is 3. The van der Waals surface area contributed by atoms with Gasteiger partial charge < -0.3 is 10.1 Å². The summed E-state index contributed by atoms with van der Waals surface area (Å²) < 4.78 is 7.56. The fraction of sp³-hybridized carbons (Fsp3) is 0.500. The minimum absolute atomic E-state index is 0.605. The van der Waals surface area contributed by atoms with Gasteiger partial charge in [-0.05, 0) is 43.7 Å². The fourth-order valence-electron chi connectivity index (χ4n) is 3.10. The largest absolute Gasteiger partial charge is 0.494 e. The molecule has 0 bridgehead atoms. The molecule has 0 saturated carbocycles. The molecule has 0 unspecified atom stereocenters. The van der Waals surface area contributed by atoms with Crippen molar-refractivity contribution >= 4 is 5.82 Å². The first-order valence-electron chi connectivity index (χ1n) is 8.18. The summed E-state index contributed by atoms with van der Waals surface area (Å²) in [5.74, 6) is 2.61. The molecule has 4 nitrogen and oxygen atoms in total. The van der Waals surface area contributed by atoms with Crippen molar-refractivity contribution in [3.63, 3.8) is 0 Å². The second-order valence-electron chi connectivity index (χ2n) is 6.34. The van der Waals surface area contributed by atoms with E-state index in [9.17, 15) is 0 Å². The van der Waals surface area contributed by atoms with E-state index in [1.165, 1.54) is 24.1 Å². The van der Waals surface area contributed by atoms with Crippen molar-refractivity contribution in [3.05, 3.63) is 35.5 Å². The van der Waals surface area contributed by atoms with Crippen LogP contribution in [-0.2, 0) is 12.8 Å². The van der Waals surface area contributed by atoms with E-state index in [2.05, 4.69) is 25.2 Å². The van der Waals surface area contributed by atoms with E-state index in [-0.39, 0.29) is 0 Å². The van der Waals surface area contributed by atoms with Gasteiger partial charge in [-0.3, -0.25) is 0 Å². The molecule has 22 heavy (non-hydrogen) atoms. The number of hydrogen-bond donors (Lipinski definition) is 1. The van der Waals surface area contributed by atoms with E-state index in [0.717, 1.165) is 36.6 Å². The van der Waals surface area contributed by atoms with Crippen LogP contribution in [0.5, 0.6) is 5.75 Å². The van der Waals surface area contributed by atoms with E-state index < -0.39 is 0 Å². The third-order valence-corrected chi connectivity index (χ3v) is 4.13. The first kappa shape index (κ1) is 14.9. The third-order valence-electron chi connectivity index (χ3n) is 4.13. The van der Waals surface area contributed by atoms with Gasteiger partial charge in [-0.15, -0.1) is 0 Å². The molecule has 2 aromatic rings. The predicted molar refractivity (Wildman–Crippen MR) is 90.1 cm³/mol. The summed E-state index contributed by atoms with van der Waals surface area (Å²) in [4.78, 5) is 0. The molecule has 0 saturated heterocycles. The minimum Gasteiger partial charge on any atom is -0.494 e. The Bertz CT molecular complexity index is 646. The highest BCUT2D eigenvalue weighted by Gasteiger charge is 2.22. The predicted octanol–water partition coefficient (Wildman–Crippen LogP) is 3.83. The van der Waals surface area contributed by atoms with Gasteiger partial charge in [-0.25, -0.2) is 4.68 Å². The molecule has 4 heteroatoms. The normalized spacial score (nSPS) is 14.4. The lowest BCUT2D eigenvalue weighted by molar-refractivity contribution is 0.411. The highest BCUT2D eigenvalue weighted by molar-refractivity contribution is 5.58. The maximum absolute atomic E-state index is 5.52. The number of ether oxygens (including phenoxy) is 1. The first-order chi connectivity index (χ1) is 10.7. The Kier molecular flexibility index (Phi) is 4.36. The SMILES string of the molecule is COc1ccccc1-n1nc(CC(C)C)c2c1NCCCC2. The summed E-state index contributed by atoms with van der Waals surface area (Å²) in [6.07, 6.45) is 4.57. The molecule has 1 aliphatic heterocycles. The molecule has 0 amide bonds. The molecule has 1 aromatic carbocycles. The van der Waals surface area contributed by atoms with Gasteiger partial charge in [0.05, 0.1) is 12.8 Å². The van der Waals surface area contributed by atoms with Crippen molar-refractivity contribution in [2.24, 2.45) is 5.92 Å². The molecule has 1 aromatic heterocycles. The lowest BCUT2D eigenvalue weighted by Crippen LogP contribution is -2.08. The Balaban J connectivity index is 2.12. The van der Waals surface area contributed by atoms with Crippen LogP contribution in [0, 0.1) is 5.92 Å². The van der Waals surface area contributed by atoms with E-state index >= 15 is 0 Å². The standard InChI is InChI=1S/C18H25N3O/c1-13(2)12-15-14-8-6-7-11-19-18(14)21(20-15)16-9-4-5-10-17(16)22-3/h4-5,9-10,13,19H,6-8,11-12H2,1-3H3. The van der Waals surface area contributed by atoms with Crippen molar-refractivity contribution in [1.82, 2.24) is 9.78 Å².